The lowest BCUT2D eigenvalue weighted by Crippen LogP contribution is -2.10. The van der Waals surface area contributed by atoms with Crippen LogP contribution in [0.5, 0.6) is 11.5 Å². The number of hydrogen-bond donors (Lipinski definition) is 2. The average Bonchev–Trinajstić information content (AvgIpc) is 2.62. The maximum absolute atomic E-state index is 6.22. The smallest absolute Gasteiger partial charge is 0.179 e. The molecule has 3 rings (SSSR count). The summed E-state index contributed by atoms with van der Waals surface area (Å²) in [6.45, 7) is 1.18. The van der Waals surface area contributed by atoms with Crippen molar-refractivity contribution in [2.45, 2.75) is 6.42 Å². The van der Waals surface area contributed by atoms with Gasteiger partial charge in [-0.1, -0.05) is 11.6 Å². The highest BCUT2D eigenvalue weighted by molar-refractivity contribution is 6.32. The number of aromatic nitrogens is 2. The summed E-state index contributed by atoms with van der Waals surface area (Å²) in [7, 11) is 0. The number of benzene rings is 1. The van der Waals surface area contributed by atoms with Gasteiger partial charge in [0.2, 0.25) is 0 Å². The van der Waals surface area contributed by atoms with Crippen LogP contribution in [0, 0.1) is 0 Å². The second-order valence-corrected chi connectivity index (χ2v) is 4.63. The molecule has 0 radical (unpaired) electrons. The number of fused-ring (bicyclic) bond motifs is 1. The molecule has 0 bridgehead atoms. The number of anilines is 1. The maximum atomic E-state index is 6.22. The molecule has 0 atom stereocenters. The Balaban J connectivity index is 2.11. The van der Waals surface area contributed by atoms with Gasteiger partial charge in [0.25, 0.3) is 0 Å². The van der Waals surface area contributed by atoms with Gasteiger partial charge in [-0.05, 0) is 12.1 Å². The van der Waals surface area contributed by atoms with Crippen molar-refractivity contribution >= 4 is 17.4 Å². The molecule has 0 spiro atoms. The molecule has 1 aromatic carbocycles. The minimum absolute atomic E-state index is 0.366. The number of halogens is 1. The van der Waals surface area contributed by atoms with E-state index in [4.69, 9.17) is 32.7 Å². The molecule has 0 saturated carbocycles. The predicted molar refractivity (Wildman–Crippen MR) is 72.8 cm³/mol. The van der Waals surface area contributed by atoms with Gasteiger partial charge in [0.15, 0.2) is 11.5 Å². The summed E-state index contributed by atoms with van der Waals surface area (Å²) in [6.07, 6.45) is 2.27. The van der Waals surface area contributed by atoms with Crippen molar-refractivity contribution in [2.75, 3.05) is 24.8 Å². The van der Waals surface area contributed by atoms with E-state index in [-0.39, 0.29) is 0 Å². The van der Waals surface area contributed by atoms with Crippen LogP contribution in [0.15, 0.2) is 18.5 Å². The Morgan fingerprint density at radius 2 is 2.05 bits per heavy atom. The summed E-state index contributed by atoms with van der Waals surface area (Å²) in [4.78, 5) is 4.16. The zero-order valence-electron chi connectivity index (χ0n) is 10.1. The third kappa shape index (κ3) is 2.04. The van der Waals surface area contributed by atoms with E-state index in [9.17, 15) is 0 Å². The number of nitrogens with two attached hydrogens (primary N) is 2. The van der Waals surface area contributed by atoms with Crippen molar-refractivity contribution in [2.24, 2.45) is 0 Å². The number of rotatable bonds is 1. The largest absolute Gasteiger partial charge is 0.489 e. The van der Waals surface area contributed by atoms with Crippen LogP contribution in [0.4, 0.5) is 5.82 Å². The van der Waals surface area contributed by atoms with E-state index < -0.39 is 0 Å². The minimum atomic E-state index is 0.366. The molecule has 1 aliphatic heterocycles. The Hall–Kier alpha value is -2.08. The zero-order valence-corrected chi connectivity index (χ0v) is 10.9. The van der Waals surface area contributed by atoms with Crippen molar-refractivity contribution in [3.63, 3.8) is 0 Å². The summed E-state index contributed by atoms with van der Waals surface area (Å²) in [5.41, 5.74) is 7.17. The van der Waals surface area contributed by atoms with Gasteiger partial charge >= 0.3 is 0 Å². The minimum Gasteiger partial charge on any atom is -0.489 e. The summed E-state index contributed by atoms with van der Waals surface area (Å²) < 4.78 is 12.4. The molecular formula is C12H13ClN4O2. The Morgan fingerprint density at radius 3 is 2.79 bits per heavy atom. The highest BCUT2D eigenvalue weighted by atomic mass is 35.5. The molecule has 2 heterocycles. The molecule has 7 heteroatoms. The van der Waals surface area contributed by atoms with Gasteiger partial charge in [-0.3, -0.25) is 0 Å². The lowest BCUT2D eigenvalue weighted by atomic mass is 10.1. The van der Waals surface area contributed by atoms with E-state index >= 15 is 0 Å². The SMILES string of the molecule is Nc1c(-c2cc(Cl)c3c(c2)OCCCO3)ncn1N. The molecule has 0 aliphatic carbocycles. The quantitative estimate of drug-likeness (QED) is 0.776. The monoisotopic (exact) mass is 280 g/mol. The lowest BCUT2D eigenvalue weighted by Gasteiger charge is -2.11. The second kappa shape index (κ2) is 4.55. The van der Waals surface area contributed by atoms with Crippen LogP contribution in [0.3, 0.4) is 0 Å². The first-order valence-corrected chi connectivity index (χ1v) is 6.22. The third-order valence-electron chi connectivity index (χ3n) is 2.91. The number of ether oxygens (including phenoxy) is 2. The van der Waals surface area contributed by atoms with Crippen LogP contribution >= 0.6 is 11.6 Å². The highest BCUT2D eigenvalue weighted by Gasteiger charge is 2.18. The topological polar surface area (TPSA) is 88.3 Å². The fraction of sp³-hybridized carbons (Fsp3) is 0.250. The van der Waals surface area contributed by atoms with Gasteiger partial charge in [0, 0.05) is 12.0 Å². The summed E-state index contributed by atoms with van der Waals surface area (Å²) in [6, 6.07) is 3.55. The van der Waals surface area contributed by atoms with Crippen molar-refractivity contribution in [3.05, 3.63) is 23.5 Å². The number of imidazole rings is 1. The highest BCUT2D eigenvalue weighted by Crippen LogP contribution is 2.41. The second-order valence-electron chi connectivity index (χ2n) is 4.22. The molecule has 19 heavy (non-hydrogen) atoms. The Bertz CT molecular complexity index is 626. The van der Waals surface area contributed by atoms with Crippen LogP contribution in [0.25, 0.3) is 11.3 Å². The summed E-state index contributed by atoms with van der Waals surface area (Å²) in [5, 5.41) is 0.473. The molecule has 2 aromatic rings. The van der Waals surface area contributed by atoms with E-state index in [0.717, 1.165) is 12.0 Å². The van der Waals surface area contributed by atoms with E-state index in [0.29, 0.717) is 41.2 Å². The number of nitrogen functional groups attached to an aromatic ring is 2. The van der Waals surface area contributed by atoms with Crippen molar-refractivity contribution < 1.29 is 9.47 Å². The lowest BCUT2D eigenvalue weighted by molar-refractivity contribution is 0.297. The number of hydrogen-bond acceptors (Lipinski definition) is 5. The van der Waals surface area contributed by atoms with E-state index in [1.165, 1.54) is 11.0 Å². The van der Waals surface area contributed by atoms with Gasteiger partial charge in [-0.2, -0.15) is 0 Å². The predicted octanol–water partition coefficient (Wildman–Crippen LogP) is 1.66. The molecule has 0 amide bonds. The fourth-order valence-corrected chi connectivity index (χ4v) is 2.23. The standard InChI is InChI=1S/C12H13ClN4O2/c13-8-4-7(10-12(14)17(15)6-16-10)5-9-11(8)19-3-1-2-18-9/h4-6H,1-3,14-15H2. The summed E-state index contributed by atoms with van der Waals surface area (Å²) in [5.74, 6) is 7.15. The molecular weight excluding hydrogens is 268 g/mol. The van der Waals surface area contributed by atoms with Gasteiger partial charge in [-0.25, -0.2) is 9.66 Å². The first-order valence-electron chi connectivity index (χ1n) is 5.84. The van der Waals surface area contributed by atoms with E-state index in [1.54, 1.807) is 6.07 Å². The Kier molecular flexibility index (Phi) is 2.87. The van der Waals surface area contributed by atoms with Gasteiger partial charge in [0.05, 0.1) is 18.2 Å². The van der Waals surface area contributed by atoms with Gasteiger partial charge in [-0.15, -0.1) is 0 Å². The maximum Gasteiger partial charge on any atom is 0.179 e. The Labute approximate surface area is 114 Å². The van der Waals surface area contributed by atoms with Crippen molar-refractivity contribution in [1.82, 2.24) is 9.66 Å². The van der Waals surface area contributed by atoms with Crippen LogP contribution < -0.4 is 21.1 Å². The molecule has 4 N–H and O–H groups in total. The van der Waals surface area contributed by atoms with Gasteiger partial charge in [0.1, 0.15) is 17.8 Å². The molecule has 100 valence electrons. The molecule has 0 unspecified atom stereocenters. The fourth-order valence-electron chi connectivity index (χ4n) is 1.96. The van der Waals surface area contributed by atoms with Crippen LogP contribution in [0.2, 0.25) is 5.02 Å². The first kappa shape index (κ1) is 12.0. The van der Waals surface area contributed by atoms with E-state index in [1.807, 2.05) is 6.07 Å². The van der Waals surface area contributed by atoms with Crippen LogP contribution in [0.1, 0.15) is 6.42 Å². The molecule has 6 nitrogen and oxygen atoms in total. The Morgan fingerprint density at radius 1 is 1.26 bits per heavy atom. The first-order chi connectivity index (χ1) is 9.16. The third-order valence-corrected chi connectivity index (χ3v) is 3.19. The molecule has 1 aromatic heterocycles. The van der Waals surface area contributed by atoms with Crippen LogP contribution in [-0.4, -0.2) is 22.9 Å². The molecule has 0 saturated heterocycles. The van der Waals surface area contributed by atoms with Gasteiger partial charge < -0.3 is 21.1 Å². The molecule has 0 fully saturated rings. The normalized spacial score (nSPS) is 14.2. The average molecular weight is 281 g/mol. The number of nitrogens with zero attached hydrogens (tertiary/aromatic N) is 2. The summed E-state index contributed by atoms with van der Waals surface area (Å²) >= 11 is 6.22. The zero-order chi connectivity index (χ0) is 13.4. The van der Waals surface area contributed by atoms with Crippen LogP contribution in [-0.2, 0) is 0 Å². The molecule has 1 aliphatic rings. The van der Waals surface area contributed by atoms with E-state index in [2.05, 4.69) is 4.98 Å². The van der Waals surface area contributed by atoms with Crippen molar-refractivity contribution in [3.8, 4) is 22.8 Å². The van der Waals surface area contributed by atoms with Crippen molar-refractivity contribution in [1.29, 1.82) is 0 Å².